The Kier molecular flexibility index (Phi) is 4.96. The summed E-state index contributed by atoms with van der Waals surface area (Å²) in [6.07, 6.45) is 2.01. The molecule has 0 radical (unpaired) electrons. The standard InChI is InChI=1S/C19H22N4O3/c1-11-6-14(7-12(2)15(11)8-20)26-19-16(10-24)22-23(9-17(25)21-3)18(19)13-4-5-13/h6-7,13,24H,4-5,9-10H2,1-3H3,(H,21,25). The zero-order chi connectivity index (χ0) is 18.8. The molecule has 1 amide bonds. The Morgan fingerprint density at radius 3 is 2.58 bits per heavy atom. The summed E-state index contributed by atoms with van der Waals surface area (Å²) in [4.78, 5) is 11.8. The zero-order valence-electron chi connectivity index (χ0n) is 15.2. The van der Waals surface area contributed by atoms with Crippen LogP contribution >= 0.6 is 0 Å². The van der Waals surface area contributed by atoms with E-state index >= 15 is 0 Å². The Bertz CT molecular complexity index is 868. The number of nitriles is 1. The van der Waals surface area contributed by atoms with Crippen LogP contribution in [-0.2, 0) is 17.9 Å². The van der Waals surface area contributed by atoms with Crippen molar-refractivity contribution < 1.29 is 14.6 Å². The van der Waals surface area contributed by atoms with Gasteiger partial charge in [0.1, 0.15) is 18.0 Å². The van der Waals surface area contributed by atoms with E-state index in [-0.39, 0.29) is 25.0 Å². The molecule has 3 rings (SSSR count). The van der Waals surface area contributed by atoms with E-state index in [4.69, 9.17) is 4.74 Å². The second-order valence-electron chi connectivity index (χ2n) is 6.57. The molecule has 2 aromatic rings. The lowest BCUT2D eigenvalue weighted by Crippen LogP contribution is -2.25. The van der Waals surface area contributed by atoms with E-state index in [1.54, 1.807) is 23.9 Å². The maximum absolute atomic E-state index is 11.8. The zero-order valence-corrected chi connectivity index (χ0v) is 15.2. The van der Waals surface area contributed by atoms with Crippen molar-refractivity contribution in [1.29, 1.82) is 5.26 Å². The lowest BCUT2D eigenvalue weighted by Gasteiger charge is -2.12. The van der Waals surface area contributed by atoms with Gasteiger partial charge in [-0.05, 0) is 49.9 Å². The summed E-state index contributed by atoms with van der Waals surface area (Å²) in [5.41, 5.74) is 3.56. The summed E-state index contributed by atoms with van der Waals surface area (Å²) in [5, 5.41) is 25.9. The van der Waals surface area contributed by atoms with Gasteiger partial charge in [0.15, 0.2) is 5.75 Å². The fraction of sp³-hybridized carbons (Fsp3) is 0.421. The number of aliphatic hydroxyl groups is 1. The Morgan fingerprint density at radius 2 is 2.08 bits per heavy atom. The first-order valence-electron chi connectivity index (χ1n) is 8.58. The fourth-order valence-corrected chi connectivity index (χ4v) is 3.09. The van der Waals surface area contributed by atoms with E-state index in [1.165, 1.54) is 0 Å². The lowest BCUT2D eigenvalue weighted by molar-refractivity contribution is -0.121. The minimum atomic E-state index is -0.274. The third-order valence-corrected chi connectivity index (χ3v) is 4.54. The van der Waals surface area contributed by atoms with Gasteiger partial charge in [0.25, 0.3) is 0 Å². The van der Waals surface area contributed by atoms with Crippen LogP contribution in [0.4, 0.5) is 0 Å². The number of likely N-dealkylation sites (N-methyl/N-ethyl adjacent to an activating group) is 1. The van der Waals surface area contributed by atoms with Crippen LogP contribution in [0, 0.1) is 25.2 Å². The van der Waals surface area contributed by atoms with Crippen molar-refractivity contribution in [3.63, 3.8) is 0 Å². The van der Waals surface area contributed by atoms with Gasteiger partial charge in [0.05, 0.1) is 23.9 Å². The van der Waals surface area contributed by atoms with Crippen molar-refractivity contribution in [3.05, 3.63) is 40.2 Å². The summed E-state index contributed by atoms with van der Waals surface area (Å²) in [7, 11) is 1.58. The van der Waals surface area contributed by atoms with Gasteiger partial charge < -0.3 is 15.2 Å². The van der Waals surface area contributed by atoms with Gasteiger partial charge in [-0.3, -0.25) is 9.48 Å². The molecule has 0 aliphatic heterocycles. The van der Waals surface area contributed by atoms with Gasteiger partial charge in [-0.15, -0.1) is 0 Å². The van der Waals surface area contributed by atoms with E-state index in [1.807, 2.05) is 13.8 Å². The number of nitrogens with one attached hydrogen (secondary N) is 1. The van der Waals surface area contributed by atoms with Crippen LogP contribution in [0.5, 0.6) is 11.5 Å². The van der Waals surface area contributed by atoms with Gasteiger partial charge >= 0.3 is 0 Å². The topological polar surface area (TPSA) is 100 Å². The molecule has 1 aromatic heterocycles. The highest BCUT2D eigenvalue weighted by Gasteiger charge is 2.34. The van der Waals surface area contributed by atoms with E-state index in [0.717, 1.165) is 29.7 Å². The SMILES string of the molecule is CNC(=O)Cn1nc(CO)c(Oc2cc(C)c(C#N)c(C)c2)c1C1CC1. The van der Waals surface area contributed by atoms with E-state index in [9.17, 15) is 15.2 Å². The summed E-state index contributed by atoms with van der Waals surface area (Å²) < 4.78 is 7.73. The van der Waals surface area contributed by atoms with Crippen LogP contribution in [0.2, 0.25) is 0 Å². The Balaban J connectivity index is 2.02. The van der Waals surface area contributed by atoms with Gasteiger partial charge in [0, 0.05) is 13.0 Å². The smallest absolute Gasteiger partial charge is 0.241 e. The lowest BCUT2D eigenvalue weighted by atomic mass is 10.0. The fourth-order valence-electron chi connectivity index (χ4n) is 3.09. The molecule has 7 nitrogen and oxygen atoms in total. The molecule has 0 atom stereocenters. The number of aliphatic hydroxyl groups excluding tert-OH is 1. The van der Waals surface area contributed by atoms with Gasteiger partial charge in [-0.1, -0.05) is 0 Å². The van der Waals surface area contributed by atoms with E-state index in [0.29, 0.717) is 22.8 Å². The number of amides is 1. The maximum Gasteiger partial charge on any atom is 0.241 e. The molecule has 0 bridgehead atoms. The van der Waals surface area contributed by atoms with Crippen LogP contribution < -0.4 is 10.1 Å². The molecule has 1 heterocycles. The predicted molar refractivity (Wildman–Crippen MR) is 94.9 cm³/mol. The van der Waals surface area contributed by atoms with Crippen LogP contribution in [0.3, 0.4) is 0 Å². The van der Waals surface area contributed by atoms with Crippen molar-refractivity contribution in [2.24, 2.45) is 0 Å². The molecule has 1 aliphatic rings. The molecule has 26 heavy (non-hydrogen) atoms. The molecule has 1 saturated carbocycles. The summed E-state index contributed by atoms with van der Waals surface area (Å²) in [6.45, 7) is 3.54. The van der Waals surface area contributed by atoms with Crippen molar-refractivity contribution in [2.45, 2.75) is 45.8 Å². The van der Waals surface area contributed by atoms with Crippen LogP contribution in [-0.4, -0.2) is 27.8 Å². The number of carbonyl (C=O) groups is 1. The van der Waals surface area contributed by atoms with Crippen molar-refractivity contribution in [2.75, 3.05) is 7.05 Å². The van der Waals surface area contributed by atoms with Crippen LogP contribution in [0.15, 0.2) is 12.1 Å². The second-order valence-corrected chi connectivity index (χ2v) is 6.57. The van der Waals surface area contributed by atoms with Crippen LogP contribution in [0.1, 0.15) is 46.8 Å². The normalized spacial score (nSPS) is 13.3. The predicted octanol–water partition coefficient (Wildman–Crippen LogP) is 2.28. The molecule has 1 aromatic carbocycles. The van der Waals surface area contributed by atoms with Crippen molar-refractivity contribution >= 4 is 5.91 Å². The highest BCUT2D eigenvalue weighted by atomic mass is 16.5. The number of benzene rings is 1. The van der Waals surface area contributed by atoms with Gasteiger partial charge in [-0.2, -0.15) is 10.4 Å². The molecular formula is C19H22N4O3. The third kappa shape index (κ3) is 3.41. The molecule has 1 aliphatic carbocycles. The minimum absolute atomic E-state index is 0.0874. The quantitative estimate of drug-likeness (QED) is 0.829. The largest absolute Gasteiger partial charge is 0.453 e. The Labute approximate surface area is 152 Å². The first-order chi connectivity index (χ1) is 12.5. The number of rotatable bonds is 6. The number of aryl methyl sites for hydroxylation is 2. The number of hydrogen-bond acceptors (Lipinski definition) is 5. The molecule has 0 saturated heterocycles. The highest BCUT2D eigenvalue weighted by Crippen LogP contribution is 2.46. The monoisotopic (exact) mass is 354 g/mol. The third-order valence-electron chi connectivity index (χ3n) is 4.54. The van der Waals surface area contributed by atoms with Crippen LogP contribution in [0.25, 0.3) is 0 Å². The number of carbonyl (C=O) groups excluding carboxylic acids is 1. The molecule has 0 spiro atoms. The Morgan fingerprint density at radius 1 is 1.42 bits per heavy atom. The second kappa shape index (κ2) is 7.18. The first-order valence-corrected chi connectivity index (χ1v) is 8.58. The first kappa shape index (κ1) is 18.0. The molecule has 2 N–H and O–H groups in total. The van der Waals surface area contributed by atoms with Gasteiger partial charge in [-0.25, -0.2) is 0 Å². The Hall–Kier alpha value is -2.85. The summed E-state index contributed by atoms with van der Waals surface area (Å²) >= 11 is 0. The van der Waals surface area contributed by atoms with E-state index < -0.39 is 0 Å². The number of ether oxygens (including phenoxy) is 1. The number of aromatic nitrogens is 2. The molecule has 1 fully saturated rings. The minimum Gasteiger partial charge on any atom is -0.453 e. The average molecular weight is 354 g/mol. The molecule has 136 valence electrons. The van der Waals surface area contributed by atoms with Gasteiger partial charge in [0.2, 0.25) is 5.91 Å². The highest BCUT2D eigenvalue weighted by molar-refractivity contribution is 5.75. The van der Waals surface area contributed by atoms with E-state index in [2.05, 4.69) is 16.5 Å². The number of hydrogen-bond donors (Lipinski definition) is 2. The van der Waals surface area contributed by atoms with Crippen molar-refractivity contribution in [1.82, 2.24) is 15.1 Å². The van der Waals surface area contributed by atoms with Crippen molar-refractivity contribution in [3.8, 4) is 17.6 Å². The summed E-state index contributed by atoms with van der Waals surface area (Å²) in [5.74, 6) is 1.23. The molecule has 0 unspecified atom stereocenters. The average Bonchev–Trinajstić information content (AvgIpc) is 3.38. The number of nitrogens with zero attached hydrogens (tertiary/aromatic N) is 3. The summed E-state index contributed by atoms with van der Waals surface area (Å²) in [6, 6.07) is 5.80. The molecular weight excluding hydrogens is 332 g/mol. The maximum atomic E-state index is 11.8. The molecule has 7 heteroatoms.